The van der Waals surface area contributed by atoms with Crippen molar-refractivity contribution in [3.05, 3.63) is 0 Å². The second-order valence-electron chi connectivity index (χ2n) is 16.6. The Labute approximate surface area is 253 Å². The molecule has 5 aliphatic rings. The van der Waals surface area contributed by atoms with E-state index >= 15 is 0 Å². The zero-order valence-electron chi connectivity index (χ0n) is 27.2. The molecule has 0 aromatic heterocycles. The molecule has 0 bridgehead atoms. The topological polar surface area (TPSA) is 110 Å². The zero-order valence-corrected chi connectivity index (χ0v) is 28.1. The van der Waals surface area contributed by atoms with Gasteiger partial charge in [0, 0.05) is 11.8 Å². The van der Waals surface area contributed by atoms with Crippen LogP contribution < -0.4 is 0 Å². The maximum Gasteiger partial charge on any atom is 0.469 e. The highest BCUT2D eigenvalue weighted by Crippen LogP contribution is 2.77. The van der Waals surface area contributed by atoms with Gasteiger partial charge in [0.15, 0.2) is 0 Å². The van der Waals surface area contributed by atoms with Crippen molar-refractivity contribution in [3.63, 3.8) is 0 Å². The normalized spacial score (nSPS) is 44.6. The fourth-order valence-electron chi connectivity index (χ4n) is 12.2. The van der Waals surface area contributed by atoms with Gasteiger partial charge in [-0.25, -0.2) is 4.57 Å². The highest BCUT2D eigenvalue weighted by molar-refractivity contribution is 7.46. The van der Waals surface area contributed by atoms with Crippen LogP contribution >= 0.6 is 7.82 Å². The number of phosphoric acid groups is 1. The summed E-state index contributed by atoms with van der Waals surface area (Å²) in [7, 11) is -4.47. The molecule has 5 saturated carbocycles. The second-order valence-corrected chi connectivity index (χ2v) is 17.8. The minimum absolute atomic E-state index is 0.0379. The first-order valence-corrected chi connectivity index (χ1v) is 18.4. The summed E-state index contributed by atoms with van der Waals surface area (Å²) >= 11 is 0. The molecule has 8 heteroatoms. The predicted octanol–water partition coefficient (Wildman–Crippen LogP) is 7.73. The minimum Gasteiger partial charge on any atom is -0.465 e. The van der Waals surface area contributed by atoms with E-state index in [1.54, 1.807) is 0 Å². The molecule has 7 nitrogen and oxygen atoms in total. The van der Waals surface area contributed by atoms with Crippen molar-refractivity contribution in [2.75, 3.05) is 13.2 Å². The van der Waals surface area contributed by atoms with Crippen molar-refractivity contribution in [2.45, 2.75) is 126 Å². The largest absolute Gasteiger partial charge is 0.469 e. The van der Waals surface area contributed by atoms with E-state index in [0.29, 0.717) is 60.6 Å². The van der Waals surface area contributed by atoms with Crippen LogP contribution in [0.4, 0.5) is 0 Å². The van der Waals surface area contributed by atoms with Crippen molar-refractivity contribution >= 4 is 19.6 Å². The van der Waals surface area contributed by atoms with Gasteiger partial charge >= 0.3 is 13.8 Å². The smallest absolute Gasteiger partial charge is 0.465 e. The standard InChI is InChI=1S/C34H57O7P/c1-22(2)23-12-17-34(29(36)40-20-8-9-21-41-42(37,38)39)19-18-32(6)24(28(23)34)10-11-26-31(5)15-14-27(35)30(3,4)25(31)13-16-33(26,32)7/h22-26,28H,8-21H2,1-7H3,(H2,37,38,39)/t23-,24+,25-,26+,28+,31-,32+,33+,34-/m0/s1. The number of ketones is 1. The lowest BCUT2D eigenvalue weighted by molar-refractivity contribution is -0.237. The molecule has 0 heterocycles. The first kappa shape index (κ1) is 32.6. The number of carbonyl (C=O) groups excluding carboxylic acids is 2. The van der Waals surface area contributed by atoms with Gasteiger partial charge in [-0.05, 0) is 122 Å². The van der Waals surface area contributed by atoms with E-state index in [9.17, 15) is 14.2 Å². The number of Topliss-reactive ketones (excluding diaryl/α,β-unsaturated/α-hetero) is 1. The molecule has 5 aliphatic carbocycles. The SMILES string of the molecule is CC(C)[C@@H]1CC[C@]2(C(=O)OCCCCOP(=O)(O)O)CC[C@]3(C)[C@H](CC[C@@H]4[C@@]5(C)CCC(=O)C(C)(C)[C@@H]5CC[C@]43C)[C@@H]12. The molecule has 0 aromatic rings. The summed E-state index contributed by atoms with van der Waals surface area (Å²) < 4.78 is 21.5. The third-order valence-electron chi connectivity index (χ3n) is 14.5. The van der Waals surface area contributed by atoms with E-state index in [0.717, 1.165) is 44.9 Å². The summed E-state index contributed by atoms with van der Waals surface area (Å²) in [6.07, 6.45) is 11.3. The molecule has 5 rings (SSSR count). The molecule has 9 atom stereocenters. The van der Waals surface area contributed by atoms with Crippen LogP contribution in [-0.2, 0) is 23.4 Å². The Kier molecular flexibility index (Phi) is 8.51. The average Bonchev–Trinajstić information content (AvgIpc) is 3.29. The average molecular weight is 609 g/mol. The van der Waals surface area contributed by atoms with Crippen LogP contribution in [0.15, 0.2) is 0 Å². The molecule has 240 valence electrons. The number of hydrogen-bond acceptors (Lipinski definition) is 5. The van der Waals surface area contributed by atoms with Gasteiger partial charge in [-0.3, -0.25) is 14.1 Å². The molecule has 0 radical (unpaired) electrons. The predicted molar refractivity (Wildman–Crippen MR) is 162 cm³/mol. The number of hydrogen-bond donors (Lipinski definition) is 2. The number of unbranched alkanes of at least 4 members (excludes halogenated alkanes) is 1. The minimum atomic E-state index is -4.47. The summed E-state index contributed by atoms with van der Waals surface area (Å²) in [4.78, 5) is 44.9. The Morgan fingerprint density at radius 3 is 2.24 bits per heavy atom. The van der Waals surface area contributed by atoms with Gasteiger partial charge in [0.25, 0.3) is 0 Å². The Morgan fingerprint density at radius 2 is 1.57 bits per heavy atom. The van der Waals surface area contributed by atoms with Crippen LogP contribution in [-0.4, -0.2) is 34.8 Å². The lowest BCUT2D eigenvalue weighted by Crippen LogP contribution is -2.66. The quantitative estimate of drug-likeness (QED) is 0.165. The third kappa shape index (κ3) is 4.90. The van der Waals surface area contributed by atoms with E-state index in [4.69, 9.17) is 14.5 Å². The molecule has 5 fully saturated rings. The highest BCUT2D eigenvalue weighted by atomic mass is 31.2. The van der Waals surface area contributed by atoms with Crippen LogP contribution in [0.3, 0.4) is 0 Å². The molecule has 0 saturated heterocycles. The van der Waals surface area contributed by atoms with Crippen molar-refractivity contribution in [1.29, 1.82) is 0 Å². The molecule has 0 amide bonds. The van der Waals surface area contributed by atoms with Crippen LogP contribution in [0.25, 0.3) is 0 Å². The number of phosphoric ester groups is 1. The van der Waals surface area contributed by atoms with Gasteiger partial charge in [0.05, 0.1) is 18.6 Å². The van der Waals surface area contributed by atoms with E-state index in [1.165, 1.54) is 12.8 Å². The maximum atomic E-state index is 14.0. The molecule has 0 unspecified atom stereocenters. The Morgan fingerprint density at radius 1 is 0.881 bits per heavy atom. The lowest BCUT2D eigenvalue weighted by atomic mass is 9.32. The molecule has 42 heavy (non-hydrogen) atoms. The number of rotatable bonds is 8. The van der Waals surface area contributed by atoms with E-state index < -0.39 is 13.2 Å². The third-order valence-corrected chi connectivity index (χ3v) is 15.0. The van der Waals surface area contributed by atoms with Crippen LogP contribution in [0.1, 0.15) is 126 Å². The summed E-state index contributed by atoms with van der Waals surface area (Å²) in [5.74, 6) is 3.31. The van der Waals surface area contributed by atoms with E-state index in [-0.39, 0.29) is 40.8 Å². The van der Waals surface area contributed by atoms with Gasteiger partial charge in [-0.15, -0.1) is 0 Å². The first-order valence-electron chi connectivity index (χ1n) is 16.8. The van der Waals surface area contributed by atoms with Gasteiger partial charge < -0.3 is 14.5 Å². The van der Waals surface area contributed by atoms with Crippen LogP contribution in [0.5, 0.6) is 0 Å². The lowest BCUT2D eigenvalue weighted by Gasteiger charge is -2.72. The van der Waals surface area contributed by atoms with Crippen molar-refractivity contribution in [1.82, 2.24) is 0 Å². The number of esters is 1. The molecule has 2 N–H and O–H groups in total. The fourth-order valence-corrected chi connectivity index (χ4v) is 12.6. The Bertz CT molecular complexity index is 1110. The summed E-state index contributed by atoms with van der Waals surface area (Å²) in [5, 5.41) is 0. The zero-order chi connectivity index (χ0) is 30.9. The fraction of sp³-hybridized carbons (Fsp3) is 0.941. The van der Waals surface area contributed by atoms with Gasteiger partial charge in [-0.1, -0.05) is 48.5 Å². The highest BCUT2D eigenvalue weighted by Gasteiger charge is 2.72. The summed E-state index contributed by atoms with van der Waals surface area (Å²) in [6.45, 7) is 17.0. The van der Waals surface area contributed by atoms with Crippen molar-refractivity contribution in [2.24, 2.45) is 62.6 Å². The van der Waals surface area contributed by atoms with Gasteiger partial charge in [-0.2, -0.15) is 0 Å². The molecular weight excluding hydrogens is 551 g/mol. The Balaban J connectivity index is 1.38. The van der Waals surface area contributed by atoms with Crippen molar-refractivity contribution in [3.8, 4) is 0 Å². The first-order chi connectivity index (χ1) is 19.4. The molecule has 0 aliphatic heterocycles. The summed E-state index contributed by atoms with van der Waals surface area (Å²) in [6, 6.07) is 0. The number of ether oxygens (including phenoxy) is 1. The van der Waals surface area contributed by atoms with E-state index in [1.807, 2.05) is 0 Å². The monoisotopic (exact) mass is 608 g/mol. The maximum absolute atomic E-state index is 14.0. The second kappa shape index (κ2) is 11.0. The van der Waals surface area contributed by atoms with Crippen LogP contribution in [0.2, 0.25) is 0 Å². The van der Waals surface area contributed by atoms with Crippen LogP contribution in [0, 0.1) is 62.6 Å². The molecular formula is C34H57O7P. The molecule has 0 aromatic carbocycles. The number of fused-ring (bicyclic) bond motifs is 7. The number of carbonyl (C=O) groups is 2. The van der Waals surface area contributed by atoms with Gasteiger partial charge in [0.2, 0.25) is 0 Å². The Hall–Kier alpha value is -0.750. The summed E-state index contributed by atoms with van der Waals surface area (Å²) in [5.41, 5.74) is -0.140. The van der Waals surface area contributed by atoms with Gasteiger partial charge in [0.1, 0.15) is 5.78 Å². The van der Waals surface area contributed by atoms with Crippen molar-refractivity contribution < 1.29 is 33.2 Å². The van der Waals surface area contributed by atoms with E-state index in [2.05, 4.69) is 53.0 Å². The molecule has 0 spiro atoms.